The minimum absolute atomic E-state index is 0.0201. The second-order valence-corrected chi connectivity index (χ2v) is 7.42. The van der Waals surface area contributed by atoms with Gasteiger partial charge < -0.3 is 14.8 Å². The van der Waals surface area contributed by atoms with Crippen molar-refractivity contribution in [1.82, 2.24) is 14.8 Å². The highest BCUT2D eigenvalue weighted by Gasteiger charge is 2.44. The Labute approximate surface area is 157 Å². The highest BCUT2D eigenvalue weighted by Crippen LogP contribution is 2.34. The number of benzene rings is 2. The zero-order valence-electron chi connectivity index (χ0n) is 15.2. The van der Waals surface area contributed by atoms with Crippen LogP contribution in [-0.4, -0.2) is 39.2 Å². The average Bonchev–Trinajstić information content (AvgIpc) is 3.07. The van der Waals surface area contributed by atoms with Crippen LogP contribution in [0, 0.1) is 0 Å². The summed E-state index contributed by atoms with van der Waals surface area (Å²) < 4.78 is 0. The van der Waals surface area contributed by atoms with Gasteiger partial charge in [-0.2, -0.15) is 0 Å². The van der Waals surface area contributed by atoms with Gasteiger partial charge in [0.25, 0.3) is 0 Å². The van der Waals surface area contributed by atoms with E-state index >= 15 is 0 Å². The number of amides is 2. The molecule has 2 aliphatic heterocycles. The van der Waals surface area contributed by atoms with Crippen LogP contribution in [0.5, 0.6) is 0 Å². The first-order valence-electron chi connectivity index (χ1n) is 9.37. The zero-order chi connectivity index (χ0) is 18.5. The smallest absolute Gasteiger partial charge is 0.246 e. The fourth-order valence-corrected chi connectivity index (χ4v) is 4.44. The van der Waals surface area contributed by atoms with Gasteiger partial charge in [-0.05, 0) is 24.1 Å². The molecule has 0 unspecified atom stereocenters. The lowest BCUT2D eigenvalue weighted by molar-refractivity contribution is -0.159. The molecular weight excluding hydrogens is 338 g/mol. The van der Waals surface area contributed by atoms with E-state index in [2.05, 4.69) is 11.1 Å². The predicted octanol–water partition coefficient (Wildman–Crippen LogP) is 3.02. The highest BCUT2D eigenvalue weighted by atomic mass is 16.2. The molecule has 3 heterocycles. The lowest BCUT2D eigenvalue weighted by atomic mass is 9.93. The van der Waals surface area contributed by atoms with Gasteiger partial charge in [0.1, 0.15) is 12.6 Å². The standard InChI is InChI=1S/C22H21N3O2/c1-14(15-7-3-2-4-8-15)24-13-21(26)25-12-19-17(11-20(25)22(24)27)16-9-5-6-10-18(16)23-19/h2-10,14,20,23H,11-13H2,1H3/t14-,20-/m1/s1. The first-order valence-corrected chi connectivity index (χ1v) is 9.37. The van der Waals surface area contributed by atoms with Crippen molar-refractivity contribution in [1.29, 1.82) is 0 Å². The number of rotatable bonds is 2. The fraction of sp³-hybridized carbons (Fsp3) is 0.273. The third-order valence-electron chi connectivity index (χ3n) is 5.95. The van der Waals surface area contributed by atoms with Crippen LogP contribution in [0.15, 0.2) is 54.6 Å². The van der Waals surface area contributed by atoms with Crippen molar-refractivity contribution in [3.8, 4) is 0 Å². The Bertz CT molecular complexity index is 1040. The second-order valence-electron chi connectivity index (χ2n) is 7.42. The van der Waals surface area contributed by atoms with E-state index in [9.17, 15) is 9.59 Å². The third kappa shape index (κ3) is 2.46. The summed E-state index contributed by atoms with van der Waals surface area (Å²) in [4.78, 5) is 33.1. The van der Waals surface area contributed by atoms with E-state index < -0.39 is 6.04 Å². The van der Waals surface area contributed by atoms with Gasteiger partial charge in [-0.3, -0.25) is 9.59 Å². The largest absolute Gasteiger partial charge is 0.357 e. The second kappa shape index (κ2) is 5.98. The maximum absolute atomic E-state index is 13.3. The van der Waals surface area contributed by atoms with Crippen molar-refractivity contribution < 1.29 is 9.59 Å². The first kappa shape index (κ1) is 16.1. The van der Waals surface area contributed by atoms with Gasteiger partial charge in [-0.25, -0.2) is 0 Å². The summed E-state index contributed by atoms with van der Waals surface area (Å²) in [6.07, 6.45) is 0.571. The lowest BCUT2D eigenvalue weighted by Gasteiger charge is -2.44. The molecule has 5 rings (SSSR count). The molecule has 0 spiro atoms. The number of nitrogens with one attached hydrogen (secondary N) is 1. The summed E-state index contributed by atoms with van der Waals surface area (Å²) in [6, 6.07) is 17.5. The maximum atomic E-state index is 13.3. The number of H-pyrrole nitrogens is 1. The molecule has 1 fully saturated rings. The van der Waals surface area contributed by atoms with Crippen LogP contribution in [0.2, 0.25) is 0 Å². The quantitative estimate of drug-likeness (QED) is 0.765. The van der Waals surface area contributed by atoms with E-state index in [-0.39, 0.29) is 24.4 Å². The first-order chi connectivity index (χ1) is 13.1. The third-order valence-corrected chi connectivity index (χ3v) is 5.95. The minimum atomic E-state index is -0.413. The van der Waals surface area contributed by atoms with Crippen molar-refractivity contribution in [2.75, 3.05) is 6.54 Å². The molecule has 27 heavy (non-hydrogen) atoms. The number of carbonyl (C=O) groups excluding carboxylic acids is 2. The molecule has 0 radical (unpaired) electrons. The topological polar surface area (TPSA) is 56.4 Å². The van der Waals surface area contributed by atoms with Gasteiger partial charge in [-0.15, -0.1) is 0 Å². The molecule has 2 aromatic carbocycles. The van der Waals surface area contributed by atoms with E-state index in [1.165, 1.54) is 5.56 Å². The Morgan fingerprint density at radius 1 is 1.00 bits per heavy atom. The number of hydrogen-bond donors (Lipinski definition) is 1. The molecule has 1 saturated heterocycles. The molecule has 0 aliphatic carbocycles. The Kier molecular flexibility index (Phi) is 3.57. The summed E-state index contributed by atoms with van der Waals surface area (Å²) >= 11 is 0. The van der Waals surface area contributed by atoms with Crippen LogP contribution in [0.25, 0.3) is 10.9 Å². The van der Waals surface area contributed by atoms with Gasteiger partial charge in [0.05, 0.1) is 12.6 Å². The van der Waals surface area contributed by atoms with E-state index in [4.69, 9.17) is 0 Å². The van der Waals surface area contributed by atoms with Gasteiger partial charge in [0, 0.05) is 23.0 Å². The number of fused-ring (bicyclic) bond motifs is 4. The Morgan fingerprint density at radius 3 is 2.56 bits per heavy atom. The monoisotopic (exact) mass is 359 g/mol. The molecule has 3 aromatic rings. The summed E-state index contributed by atoms with van der Waals surface area (Å²) in [5, 5.41) is 1.15. The number of nitrogens with zero attached hydrogens (tertiary/aromatic N) is 2. The molecule has 136 valence electrons. The molecule has 0 saturated carbocycles. The molecule has 2 aliphatic rings. The molecule has 2 atom stereocenters. The lowest BCUT2D eigenvalue weighted by Crippen LogP contribution is -2.61. The van der Waals surface area contributed by atoms with Crippen LogP contribution in [0.4, 0.5) is 0 Å². The van der Waals surface area contributed by atoms with Crippen molar-refractivity contribution in [2.24, 2.45) is 0 Å². The van der Waals surface area contributed by atoms with Crippen LogP contribution < -0.4 is 0 Å². The Hall–Kier alpha value is -3.08. The van der Waals surface area contributed by atoms with Gasteiger partial charge in [0.15, 0.2) is 0 Å². The molecule has 5 nitrogen and oxygen atoms in total. The number of piperazine rings is 1. The Balaban J connectivity index is 1.50. The maximum Gasteiger partial charge on any atom is 0.246 e. The summed E-state index contributed by atoms with van der Waals surface area (Å²) in [5.74, 6) is 0.0635. The molecular formula is C22H21N3O2. The van der Waals surface area contributed by atoms with Crippen molar-refractivity contribution in [3.63, 3.8) is 0 Å². The molecule has 1 N–H and O–H groups in total. The number of aromatic amines is 1. The zero-order valence-corrected chi connectivity index (χ0v) is 15.2. The number of para-hydroxylation sites is 1. The van der Waals surface area contributed by atoms with Gasteiger partial charge in [0.2, 0.25) is 11.8 Å². The van der Waals surface area contributed by atoms with Crippen LogP contribution in [0.1, 0.15) is 29.8 Å². The molecule has 1 aromatic heterocycles. The van der Waals surface area contributed by atoms with Gasteiger partial charge >= 0.3 is 0 Å². The predicted molar refractivity (Wildman–Crippen MR) is 103 cm³/mol. The minimum Gasteiger partial charge on any atom is -0.357 e. The van der Waals surface area contributed by atoms with Crippen LogP contribution >= 0.6 is 0 Å². The fourth-order valence-electron chi connectivity index (χ4n) is 4.44. The summed E-state index contributed by atoms with van der Waals surface area (Å²) in [7, 11) is 0. The van der Waals surface area contributed by atoms with Crippen molar-refractivity contribution in [3.05, 3.63) is 71.4 Å². The Morgan fingerprint density at radius 2 is 1.74 bits per heavy atom. The van der Waals surface area contributed by atoms with Crippen molar-refractivity contribution >= 4 is 22.7 Å². The number of hydrogen-bond acceptors (Lipinski definition) is 2. The highest BCUT2D eigenvalue weighted by molar-refractivity contribution is 5.97. The van der Waals surface area contributed by atoms with Crippen LogP contribution in [0.3, 0.4) is 0 Å². The SMILES string of the molecule is C[C@H](c1ccccc1)N1CC(=O)N2Cc3[nH]c4ccccc4c3C[C@@H]2C1=O. The van der Waals surface area contributed by atoms with Crippen molar-refractivity contribution in [2.45, 2.75) is 32.0 Å². The van der Waals surface area contributed by atoms with E-state index in [1.54, 1.807) is 9.80 Å². The van der Waals surface area contributed by atoms with E-state index in [0.717, 1.165) is 22.2 Å². The number of carbonyl (C=O) groups is 2. The normalized spacial score (nSPS) is 20.6. The van der Waals surface area contributed by atoms with E-state index in [1.807, 2.05) is 55.5 Å². The molecule has 2 amide bonds. The number of aromatic nitrogens is 1. The summed E-state index contributed by atoms with van der Waals surface area (Å²) in [5.41, 5.74) is 4.34. The molecule has 0 bridgehead atoms. The summed E-state index contributed by atoms with van der Waals surface area (Å²) in [6.45, 7) is 2.61. The van der Waals surface area contributed by atoms with Gasteiger partial charge in [-0.1, -0.05) is 48.5 Å². The van der Waals surface area contributed by atoms with Crippen LogP contribution in [-0.2, 0) is 22.6 Å². The molecule has 5 heteroatoms. The average molecular weight is 359 g/mol. The van der Waals surface area contributed by atoms with E-state index in [0.29, 0.717) is 13.0 Å².